The summed E-state index contributed by atoms with van der Waals surface area (Å²) in [4.78, 5) is 0. The monoisotopic (exact) mass is 226 g/mol. The Kier molecular flexibility index (Phi) is 4.66. The van der Waals surface area contributed by atoms with E-state index >= 15 is 0 Å². The minimum Gasteiger partial charge on any atom is -0.378 e. The third-order valence-electron chi connectivity index (χ3n) is 4.29. The fraction of sp³-hybridized carbons (Fsp3) is 1.00. The lowest BCUT2D eigenvalue weighted by Gasteiger charge is -2.32. The Morgan fingerprint density at radius 1 is 1.06 bits per heavy atom. The van der Waals surface area contributed by atoms with E-state index < -0.39 is 0 Å². The molecule has 4 unspecified atom stereocenters. The first-order chi connectivity index (χ1) is 7.83. The first-order valence-corrected chi connectivity index (χ1v) is 7.06. The molecule has 0 spiro atoms. The van der Waals surface area contributed by atoms with Crippen LogP contribution in [0.1, 0.15) is 52.4 Å². The maximum atomic E-state index is 5.89. The molecule has 2 fully saturated rings. The largest absolute Gasteiger partial charge is 0.378 e. The van der Waals surface area contributed by atoms with Gasteiger partial charge in [0.2, 0.25) is 0 Å². The van der Waals surface area contributed by atoms with E-state index in [2.05, 4.69) is 13.8 Å². The molecule has 94 valence electrons. The third-order valence-corrected chi connectivity index (χ3v) is 4.29. The van der Waals surface area contributed by atoms with Crippen molar-refractivity contribution < 1.29 is 9.47 Å². The molecule has 0 amide bonds. The number of hydrogen-bond donors (Lipinski definition) is 0. The molecule has 2 nitrogen and oxygen atoms in total. The van der Waals surface area contributed by atoms with Crippen LogP contribution in [0.5, 0.6) is 0 Å². The molecule has 4 atom stereocenters. The van der Waals surface area contributed by atoms with Crippen LogP contribution in [0.25, 0.3) is 0 Å². The van der Waals surface area contributed by atoms with Crippen LogP contribution in [0.4, 0.5) is 0 Å². The lowest BCUT2D eigenvalue weighted by molar-refractivity contribution is -0.0154. The first kappa shape index (κ1) is 12.4. The second kappa shape index (κ2) is 6.02. The highest BCUT2D eigenvalue weighted by molar-refractivity contribution is 4.84. The van der Waals surface area contributed by atoms with Crippen molar-refractivity contribution in [3.8, 4) is 0 Å². The zero-order valence-electron chi connectivity index (χ0n) is 10.8. The fourth-order valence-corrected chi connectivity index (χ4v) is 3.35. The molecule has 2 aliphatic heterocycles. The molecule has 2 saturated heterocycles. The summed E-state index contributed by atoms with van der Waals surface area (Å²) in [6, 6.07) is 0. The second-order valence-corrected chi connectivity index (χ2v) is 5.41. The molecule has 2 heteroatoms. The maximum absolute atomic E-state index is 5.89. The van der Waals surface area contributed by atoms with Gasteiger partial charge < -0.3 is 9.47 Å². The van der Waals surface area contributed by atoms with Gasteiger partial charge in [0.25, 0.3) is 0 Å². The summed E-state index contributed by atoms with van der Waals surface area (Å²) in [6.45, 7) is 6.60. The second-order valence-electron chi connectivity index (χ2n) is 5.41. The number of ether oxygens (including phenoxy) is 2. The highest BCUT2D eigenvalue weighted by Gasteiger charge is 2.35. The van der Waals surface area contributed by atoms with Gasteiger partial charge in [0.05, 0.1) is 12.2 Å². The molecular weight excluding hydrogens is 200 g/mol. The molecular formula is C14H26O2. The van der Waals surface area contributed by atoms with Gasteiger partial charge in [-0.1, -0.05) is 20.3 Å². The normalized spacial score (nSPS) is 34.1. The van der Waals surface area contributed by atoms with Crippen LogP contribution >= 0.6 is 0 Å². The van der Waals surface area contributed by atoms with E-state index in [0.717, 1.165) is 19.1 Å². The third kappa shape index (κ3) is 2.78. The van der Waals surface area contributed by atoms with Crippen LogP contribution in [-0.2, 0) is 9.47 Å². The molecule has 0 saturated carbocycles. The standard InChI is InChI=1S/C14H26O2/c1-3-6-12(14-8-5-10-16-14)11(2)13-7-4-9-15-13/h11-14H,3-10H2,1-2H3. The van der Waals surface area contributed by atoms with Crippen molar-refractivity contribution in [2.75, 3.05) is 13.2 Å². The molecule has 2 heterocycles. The average molecular weight is 226 g/mol. The van der Waals surface area contributed by atoms with Crippen LogP contribution in [0.2, 0.25) is 0 Å². The summed E-state index contributed by atoms with van der Waals surface area (Å²) < 4.78 is 11.7. The van der Waals surface area contributed by atoms with Crippen LogP contribution < -0.4 is 0 Å². The van der Waals surface area contributed by atoms with E-state index in [1.54, 1.807) is 0 Å². The molecule has 0 bridgehead atoms. The van der Waals surface area contributed by atoms with Gasteiger partial charge in [-0.3, -0.25) is 0 Å². The van der Waals surface area contributed by atoms with E-state index in [9.17, 15) is 0 Å². The van der Waals surface area contributed by atoms with Crippen molar-refractivity contribution in [3.63, 3.8) is 0 Å². The minimum absolute atomic E-state index is 0.501. The van der Waals surface area contributed by atoms with Gasteiger partial charge in [-0.15, -0.1) is 0 Å². The highest BCUT2D eigenvalue weighted by atomic mass is 16.5. The van der Waals surface area contributed by atoms with Gasteiger partial charge in [0.15, 0.2) is 0 Å². The summed E-state index contributed by atoms with van der Waals surface area (Å²) >= 11 is 0. The summed E-state index contributed by atoms with van der Waals surface area (Å²) in [6.07, 6.45) is 8.60. The van der Waals surface area contributed by atoms with Crippen LogP contribution in [0.3, 0.4) is 0 Å². The molecule has 0 radical (unpaired) electrons. The summed E-state index contributed by atoms with van der Waals surface area (Å²) in [5.74, 6) is 1.39. The molecule has 0 aromatic rings. The van der Waals surface area contributed by atoms with Gasteiger partial charge in [0.1, 0.15) is 0 Å². The molecule has 0 aromatic carbocycles. The fourth-order valence-electron chi connectivity index (χ4n) is 3.35. The van der Waals surface area contributed by atoms with Crippen molar-refractivity contribution in [2.45, 2.75) is 64.6 Å². The number of rotatable bonds is 5. The van der Waals surface area contributed by atoms with Crippen LogP contribution in [0, 0.1) is 11.8 Å². The van der Waals surface area contributed by atoms with Gasteiger partial charge in [-0.2, -0.15) is 0 Å². The Hall–Kier alpha value is -0.0800. The van der Waals surface area contributed by atoms with E-state index in [4.69, 9.17) is 9.47 Å². The zero-order valence-corrected chi connectivity index (χ0v) is 10.8. The Balaban J connectivity index is 1.93. The smallest absolute Gasteiger partial charge is 0.0607 e. The predicted octanol–water partition coefficient (Wildman–Crippen LogP) is 3.40. The van der Waals surface area contributed by atoms with Crippen LogP contribution in [0.15, 0.2) is 0 Å². The van der Waals surface area contributed by atoms with Crippen molar-refractivity contribution in [3.05, 3.63) is 0 Å². The topological polar surface area (TPSA) is 18.5 Å². The van der Waals surface area contributed by atoms with Gasteiger partial charge in [0, 0.05) is 13.2 Å². The van der Waals surface area contributed by atoms with Crippen LogP contribution in [-0.4, -0.2) is 25.4 Å². The van der Waals surface area contributed by atoms with Gasteiger partial charge in [-0.05, 0) is 43.9 Å². The molecule has 2 aliphatic rings. The van der Waals surface area contributed by atoms with E-state index in [-0.39, 0.29) is 0 Å². The first-order valence-electron chi connectivity index (χ1n) is 7.06. The van der Waals surface area contributed by atoms with E-state index in [1.165, 1.54) is 38.5 Å². The van der Waals surface area contributed by atoms with Crippen molar-refractivity contribution in [1.82, 2.24) is 0 Å². The van der Waals surface area contributed by atoms with E-state index in [0.29, 0.717) is 18.1 Å². The number of hydrogen-bond acceptors (Lipinski definition) is 2. The molecule has 0 aliphatic carbocycles. The Morgan fingerprint density at radius 3 is 2.19 bits per heavy atom. The minimum atomic E-state index is 0.501. The Labute approximate surface area is 99.7 Å². The lowest BCUT2D eigenvalue weighted by atomic mass is 9.80. The lowest BCUT2D eigenvalue weighted by Crippen LogP contribution is -2.33. The Bertz CT molecular complexity index is 193. The van der Waals surface area contributed by atoms with Gasteiger partial charge >= 0.3 is 0 Å². The SMILES string of the molecule is CCCC(C1CCCO1)C(C)C1CCCO1. The van der Waals surface area contributed by atoms with Crippen molar-refractivity contribution in [2.24, 2.45) is 11.8 Å². The zero-order chi connectivity index (χ0) is 11.4. The average Bonchev–Trinajstić information content (AvgIpc) is 2.96. The molecule has 0 N–H and O–H groups in total. The maximum Gasteiger partial charge on any atom is 0.0607 e. The van der Waals surface area contributed by atoms with Crippen molar-refractivity contribution in [1.29, 1.82) is 0 Å². The summed E-state index contributed by atoms with van der Waals surface area (Å²) in [5.41, 5.74) is 0. The highest BCUT2D eigenvalue weighted by Crippen LogP contribution is 2.35. The molecule has 0 aromatic heterocycles. The quantitative estimate of drug-likeness (QED) is 0.715. The van der Waals surface area contributed by atoms with Gasteiger partial charge in [-0.25, -0.2) is 0 Å². The molecule has 2 rings (SSSR count). The summed E-state index contributed by atoms with van der Waals surface area (Å²) in [5, 5.41) is 0. The predicted molar refractivity (Wildman–Crippen MR) is 65.5 cm³/mol. The van der Waals surface area contributed by atoms with Crippen molar-refractivity contribution >= 4 is 0 Å². The molecule has 16 heavy (non-hydrogen) atoms. The Morgan fingerprint density at radius 2 is 1.69 bits per heavy atom. The summed E-state index contributed by atoms with van der Waals surface area (Å²) in [7, 11) is 0. The van der Waals surface area contributed by atoms with E-state index in [1.807, 2.05) is 0 Å².